The maximum Gasteiger partial charge on any atom is 0.248 e. The molecule has 0 aromatic heterocycles. The van der Waals surface area contributed by atoms with E-state index in [0.29, 0.717) is 13.1 Å². The van der Waals surface area contributed by atoms with Crippen molar-refractivity contribution < 1.29 is 9.59 Å². The Morgan fingerprint density at radius 3 is 3.00 bits per heavy atom. The SMILES string of the molecule is O=C1NCCC2C1=CC1C(=O)NCCN12. The zero-order valence-corrected chi connectivity index (χ0v) is 8.32. The molecule has 15 heavy (non-hydrogen) atoms. The first kappa shape index (κ1) is 8.91. The Balaban J connectivity index is 1.95. The fourth-order valence-electron chi connectivity index (χ4n) is 2.66. The van der Waals surface area contributed by atoms with Crippen LogP contribution in [0.5, 0.6) is 0 Å². The smallest absolute Gasteiger partial charge is 0.248 e. The lowest BCUT2D eigenvalue weighted by atomic mass is 10.0. The zero-order valence-electron chi connectivity index (χ0n) is 8.32. The molecule has 2 unspecified atom stereocenters. The maximum absolute atomic E-state index is 11.6. The van der Waals surface area contributed by atoms with Gasteiger partial charge in [0, 0.05) is 31.2 Å². The molecule has 0 aliphatic carbocycles. The van der Waals surface area contributed by atoms with Crippen LogP contribution in [-0.2, 0) is 9.59 Å². The number of rotatable bonds is 0. The first-order valence-electron chi connectivity index (χ1n) is 5.31. The highest BCUT2D eigenvalue weighted by atomic mass is 16.2. The molecule has 2 atom stereocenters. The monoisotopic (exact) mass is 207 g/mol. The van der Waals surface area contributed by atoms with Crippen molar-refractivity contribution >= 4 is 11.8 Å². The van der Waals surface area contributed by atoms with Crippen LogP contribution in [0.25, 0.3) is 0 Å². The summed E-state index contributed by atoms with van der Waals surface area (Å²) < 4.78 is 0. The van der Waals surface area contributed by atoms with Crippen molar-refractivity contribution in [2.75, 3.05) is 19.6 Å². The third kappa shape index (κ3) is 1.19. The summed E-state index contributed by atoms with van der Waals surface area (Å²) in [6.07, 6.45) is 2.73. The summed E-state index contributed by atoms with van der Waals surface area (Å²) in [5.74, 6) is 0.0180. The predicted molar refractivity (Wildman–Crippen MR) is 53.0 cm³/mol. The lowest BCUT2D eigenvalue weighted by molar-refractivity contribution is -0.128. The van der Waals surface area contributed by atoms with Crippen LogP contribution in [0.2, 0.25) is 0 Å². The second kappa shape index (κ2) is 3.06. The summed E-state index contributed by atoms with van der Waals surface area (Å²) in [6, 6.07) is -0.0580. The fourth-order valence-corrected chi connectivity index (χ4v) is 2.66. The van der Waals surface area contributed by atoms with Crippen molar-refractivity contribution in [1.82, 2.24) is 15.5 Å². The van der Waals surface area contributed by atoms with Crippen LogP contribution in [0.1, 0.15) is 6.42 Å². The van der Waals surface area contributed by atoms with Gasteiger partial charge in [-0.2, -0.15) is 0 Å². The lowest BCUT2D eigenvalue weighted by Gasteiger charge is -2.35. The number of hydrogen-bond donors (Lipinski definition) is 2. The van der Waals surface area contributed by atoms with Crippen LogP contribution in [0, 0.1) is 0 Å². The quantitative estimate of drug-likeness (QED) is 0.514. The Morgan fingerprint density at radius 1 is 1.27 bits per heavy atom. The zero-order chi connectivity index (χ0) is 10.4. The molecule has 2 N–H and O–H groups in total. The van der Waals surface area contributed by atoms with Gasteiger partial charge in [0.2, 0.25) is 11.8 Å². The molecule has 2 fully saturated rings. The second-order valence-electron chi connectivity index (χ2n) is 4.16. The third-order valence-electron chi connectivity index (χ3n) is 3.36. The van der Waals surface area contributed by atoms with Crippen LogP contribution in [-0.4, -0.2) is 48.4 Å². The highest BCUT2D eigenvalue weighted by molar-refractivity contribution is 5.98. The molecule has 2 saturated heterocycles. The van der Waals surface area contributed by atoms with Gasteiger partial charge in [-0.3, -0.25) is 14.5 Å². The maximum atomic E-state index is 11.6. The first-order valence-corrected chi connectivity index (χ1v) is 5.31. The van der Waals surface area contributed by atoms with Crippen molar-refractivity contribution in [3.63, 3.8) is 0 Å². The fraction of sp³-hybridized carbons (Fsp3) is 0.600. The lowest BCUT2D eigenvalue weighted by Crippen LogP contribution is -2.56. The molecule has 0 aromatic rings. The normalized spacial score (nSPS) is 35.1. The molecule has 80 valence electrons. The number of carbonyl (C=O) groups excluding carboxylic acids is 2. The number of nitrogens with zero attached hydrogens (tertiary/aromatic N) is 1. The molecule has 0 radical (unpaired) electrons. The van der Waals surface area contributed by atoms with Gasteiger partial charge in [0.1, 0.15) is 6.04 Å². The molecule has 5 nitrogen and oxygen atoms in total. The summed E-state index contributed by atoms with van der Waals surface area (Å²) in [5, 5.41) is 5.63. The highest BCUT2D eigenvalue weighted by Gasteiger charge is 2.43. The Kier molecular flexibility index (Phi) is 1.82. The van der Waals surface area contributed by atoms with Crippen LogP contribution in [0.3, 0.4) is 0 Å². The van der Waals surface area contributed by atoms with Crippen molar-refractivity contribution in [3.05, 3.63) is 11.6 Å². The minimum Gasteiger partial charge on any atom is -0.353 e. The molecular weight excluding hydrogens is 194 g/mol. The van der Waals surface area contributed by atoms with Crippen LogP contribution >= 0.6 is 0 Å². The average Bonchev–Trinajstić information content (AvgIpc) is 2.60. The van der Waals surface area contributed by atoms with Gasteiger partial charge in [-0.15, -0.1) is 0 Å². The summed E-state index contributed by atoms with van der Waals surface area (Å²) in [6.45, 7) is 2.24. The number of fused-ring (bicyclic) bond motifs is 3. The standard InChI is InChI=1S/C10H13N3O2/c14-9-6-5-8-10(15)12-3-4-13(8)7(6)1-2-11-9/h5,7-8H,1-4H2,(H,11,14)(H,12,15). The third-order valence-corrected chi connectivity index (χ3v) is 3.36. The van der Waals surface area contributed by atoms with Gasteiger partial charge in [-0.05, 0) is 12.5 Å². The van der Waals surface area contributed by atoms with Crippen molar-refractivity contribution in [2.24, 2.45) is 0 Å². The molecule has 3 heterocycles. The molecular formula is C10H13N3O2. The van der Waals surface area contributed by atoms with Gasteiger partial charge >= 0.3 is 0 Å². The second-order valence-corrected chi connectivity index (χ2v) is 4.16. The summed E-state index contributed by atoms with van der Waals surface area (Å²) in [7, 11) is 0. The molecule has 3 aliphatic rings. The van der Waals surface area contributed by atoms with Gasteiger partial charge in [0.15, 0.2) is 0 Å². The first-order chi connectivity index (χ1) is 7.27. The van der Waals surface area contributed by atoms with E-state index in [0.717, 1.165) is 18.5 Å². The minimum absolute atomic E-state index is 0.00606. The molecule has 2 amide bonds. The van der Waals surface area contributed by atoms with E-state index in [2.05, 4.69) is 15.5 Å². The van der Waals surface area contributed by atoms with Gasteiger partial charge in [-0.1, -0.05) is 0 Å². The van der Waals surface area contributed by atoms with Crippen molar-refractivity contribution in [1.29, 1.82) is 0 Å². The van der Waals surface area contributed by atoms with E-state index in [1.165, 1.54) is 0 Å². The molecule has 0 aromatic carbocycles. The number of amides is 2. The van der Waals surface area contributed by atoms with E-state index in [-0.39, 0.29) is 23.9 Å². The van der Waals surface area contributed by atoms with Crippen molar-refractivity contribution in [2.45, 2.75) is 18.5 Å². The number of nitrogens with one attached hydrogen (secondary N) is 2. The Labute approximate surface area is 87.5 Å². The average molecular weight is 207 g/mol. The van der Waals surface area contributed by atoms with Crippen molar-refractivity contribution in [3.8, 4) is 0 Å². The Hall–Kier alpha value is -1.36. The van der Waals surface area contributed by atoms with Gasteiger partial charge in [-0.25, -0.2) is 0 Å². The van der Waals surface area contributed by atoms with Gasteiger partial charge in [0.25, 0.3) is 0 Å². The van der Waals surface area contributed by atoms with Gasteiger partial charge < -0.3 is 10.6 Å². The summed E-state index contributed by atoms with van der Waals surface area (Å²) in [5.41, 5.74) is 0.781. The summed E-state index contributed by atoms with van der Waals surface area (Å²) >= 11 is 0. The number of carbonyl (C=O) groups is 2. The Bertz CT molecular complexity index is 364. The molecule has 0 bridgehead atoms. The minimum atomic E-state index is -0.220. The molecule has 3 aliphatic heterocycles. The van der Waals surface area contributed by atoms with E-state index >= 15 is 0 Å². The topological polar surface area (TPSA) is 61.4 Å². The van der Waals surface area contributed by atoms with E-state index in [9.17, 15) is 9.59 Å². The number of piperazine rings is 1. The van der Waals surface area contributed by atoms with Crippen LogP contribution < -0.4 is 10.6 Å². The highest BCUT2D eigenvalue weighted by Crippen LogP contribution is 2.29. The molecule has 0 spiro atoms. The van der Waals surface area contributed by atoms with Crippen LogP contribution in [0.15, 0.2) is 11.6 Å². The van der Waals surface area contributed by atoms with E-state index in [4.69, 9.17) is 0 Å². The predicted octanol–water partition coefficient (Wildman–Crippen LogP) is -1.38. The van der Waals surface area contributed by atoms with E-state index < -0.39 is 0 Å². The Morgan fingerprint density at radius 2 is 2.13 bits per heavy atom. The number of piperidine rings is 1. The van der Waals surface area contributed by atoms with E-state index in [1.807, 2.05) is 6.08 Å². The molecule has 0 saturated carbocycles. The largest absolute Gasteiger partial charge is 0.353 e. The molecule has 5 heteroatoms. The van der Waals surface area contributed by atoms with Gasteiger partial charge in [0.05, 0.1) is 0 Å². The van der Waals surface area contributed by atoms with Crippen LogP contribution in [0.4, 0.5) is 0 Å². The number of hydrogen-bond acceptors (Lipinski definition) is 3. The summed E-state index contributed by atoms with van der Waals surface area (Å²) in [4.78, 5) is 25.3. The van der Waals surface area contributed by atoms with E-state index in [1.54, 1.807) is 0 Å². The molecule has 3 rings (SSSR count).